The topological polar surface area (TPSA) is 86.8 Å². The summed E-state index contributed by atoms with van der Waals surface area (Å²) in [4.78, 5) is 29.2. The molecule has 0 aliphatic carbocycles. The van der Waals surface area contributed by atoms with Crippen molar-refractivity contribution in [3.63, 3.8) is 0 Å². The van der Waals surface area contributed by atoms with Crippen molar-refractivity contribution in [3.8, 4) is 0 Å². The Kier molecular flexibility index (Phi) is 11.2. The van der Waals surface area contributed by atoms with Crippen LogP contribution in [0.1, 0.15) is 55.9 Å². The van der Waals surface area contributed by atoms with E-state index in [0.717, 1.165) is 22.3 Å². The summed E-state index contributed by atoms with van der Waals surface area (Å²) in [6.07, 6.45) is 1.84. The predicted molar refractivity (Wildman–Crippen MR) is 171 cm³/mol. The summed E-state index contributed by atoms with van der Waals surface area (Å²) in [7, 11) is -3.58. The van der Waals surface area contributed by atoms with Crippen LogP contribution < -0.4 is 9.62 Å². The number of sulfonamides is 1. The van der Waals surface area contributed by atoms with E-state index in [1.165, 1.54) is 10.6 Å². The van der Waals surface area contributed by atoms with Crippen LogP contribution in [0.4, 0.5) is 5.69 Å². The highest BCUT2D eigenvalue weighted by Crippen LogP contribution is 2.23. The number of aryl methyl sites for hydroxylation is 2. The number of carbonyl (C=O) groups excluding carboxylic acids is 2. The van der Waals surface area contributed by atoms with Gasteiger partial charge in [-0.3, -0.25) is 13.9 Å². The third-order valence-electron chi connectivity index (χ3n) is 6.94. The standard InChI is InChI=1S/C33H42ClN3O4S/c1-24-17-18-29(20-25(24)2)37(42(6,40)41)19-11-16-31(38)36(23-27-14-10-15-28(34)21-27)30(32(39)35-33(3,4)5)22-26-12-8-7-9-13-26/h7-10,12-15,17-18,20-21,30H,11,16,19,22-23H2,1-6H3,(H,35,39)/t30-/m0/s1. The number of hydrogen-bond acceptors (Lipinski definition) is 4. The molecule has 1 N–H and O–H groups in total. The Hall–Kier alpha value is -3.36. The zero-order valence-corrected chi connectivity index (χ0v) is 26.9. The first kappa shape index (κ1) is 33.1. The molecule has 0 saturated carbocycles. The van der Waals surface area contributed by atoms with Gasteiger partial charge >= 0.3 is 0 Å². The highest BCUT2D eigenvalue weighted by molar-refractivity contribution is 7.92. The average Bonchev–Trinajstić information content (AvgIpc) is 2.89. The second kappa shape index (κ2) is 14.2. The molecule has 3 aromatic rings. The summed E-state index contributed by atoms with van der Waals surface area (Å²) in [5.74, 6) is -0.497. The van der Waals surface area contributed by atoms with Gasteiger partial charge in [0.25, 0.3) is 0 Å². The average molecular weight is 612 g/mol. The summed E-state index contributed by atoms with van der Waals surface area (Å²) in [6.45, 7) is 9.93. The fourth-order valence-corrected chi connectivity index (χ4v) is 5.89. The van der Waals surface area contributed by atoms with Crippen molar-refractivity contribution in [1.82, 2.24) is 10.2 Å². The molecule has 42 heavy (non-hydrogen) atoms. The van der Waals surface area contributed by atoms with Crippen molar-refractivity contribution < 1.29 is 18.0 Å². The van der Waals surface area contributed by atoms with Crippen LogP contribution in [0, 0.1) is 13.8 Å². The molecule has 0 aromatic heterocycles. The molecular formula is C33H42ClN3O4S. The van der Waals surface area contributed by atoms with Gasteiger partial charge in [0.05, 0.1) is 11.9 Å². The first-order valence-corrected chi connectivity index (χ1v) is 16.3. The van der Waals surface area contributed by atoms with Gasteiger partial charge in [-0.2, -0.15) is 0 Å². The zero-order chi connectivity index (χ0) is 31.1. The summed E-state index contributed by atoms with van der Waals surface area (Å²) in [5, 5.41) is 3.59. The minimum absolute atomic E-state index is 0.0610. The summed E-state index contributed by atoms with van der Waals surface area (Å²) in [5.41, 5.74) is 3.84. The summed E-state index contributed by atoms with van der Waals surface area (Å²) >= 11 is 6.26. The number of carbonyl (C=O) groups is 2. The van der Waals surface area contributed by atoms with Crippen LogP contribution in [0.2, 0.25) is 5.02 Å². The van der Waals surface area contributed by atoms with Gasteiger partial charge in [-0.15, -0.1) is 0 Å². The van der Waals surface area contributed by atoms with Gasteiger partial charge in [0.15, 0.2) is 0 Å². The van der Waals surface area contributed by atoms with Gasteiger partial charge < -0.3 is 10.2 Å². The van der Waals surface area contributed by atoms with Crippen molar-refractivity contribution in [2.75, 3.05) is 17.1 Å². The molecule has 1 atom stereocenters. The second-order valence-corrected chi connectivity index (χ2v) is 14.1. The molecule has 7 nitrogen and oxygen atoms in total. The van der Waals surface area contributed by atoms with Gasteiger partial charge in [0.1, 0.15) is 6.04 Å². The lowest BCUT2D eigenvalue weighted by atomic mass is 10.00. The van der Waals surface area contributed by atoms with Crippen molar-refractivity contribution >= 4 is 39.1 Å². The fraction of sp³-hybridized carbons (Fsp3) is 0.394. The summed E-state index contributed by atoms with van der Waals surface area (Å²) in [6, 6.07) is 21.6. The molecule has 2 amide bonds. The minimum atomic E-state index is -3.58. The SMILES string of the molecule is Cc1ccc(N(CCCC(=O)N(Cc2cccc(Cl)c2)[C@@H](Cc2ccccc2)C(=O)NC(C)(C)C)S(C)(=O)=O)cc1C. The molecule has 0 heterocycles. The Morgan fingerprint density at radius 1 is 0.905 bits per heavy atom. The number of anilines is 1. The van der Waals surface area contributed by atoms with Crippen LogP contribution in [-0.2, 0) is 32.6 Å². The molecule has 0 fully saturated rings. The Bertz CT molecular complexity index is 1490. The van der Waals surface area contributed by atoms with Crippen LogP contribution in [0.5, 0.6) is 0 Å². The normalized spacial score (nSPS) is 12.5. The summed E-state index contributed by atoms with van der Waals surface area (Å²) < 4.78 is 26.8. The number of nitrogens with one attached hydrogen (secondary N) is 1. The second-order valence-electron chi connectivity index (χ2n) is 11.8. The van der Waals surface area contributed by atoms with E-state index >= 15 is 0 Å². The highest BCUT2D eigenvalue weighted by Gasteiger charge is 2.32. The Balaban J connectivity index is 1.91. The van der Waals surface area contributed by atoms with Gasteiger partial charge in [0, 0.05) is 36.5 Å². The van der Waals surface area contributed by atoms with Crippen molar-refractivity contribution in [1.29, 1.82) is 0 Å². The van der Waals surface area contributed by atoms with Crippen molar-refractivity contribution in [2.24, 2.45) is 0 Å². The smallest absolute Gasteiger partial charge is 0.243 e. The minimum Gasteiger partial charge on any atom is -0.350 e. The van der Waals surface area contributed by atoms with E-state index in [9.17, 15) is 18.0 Å². The molecule has 0 unspecified atom stereocenters. The highest BCUT2D eigenvalue weighted by atomic mass is 35.5. The van der Waals surface area contributed by atoms with E-state index in [1.54, 1.807) is 23.1 Å². The van der Waals surface area contributed by atoms with Crippen LogP contribution in [0.25, 0.3) is 0 Å². The maximum Gasteiger partial charge on any atom is 0.243 e. The predicted octanol–water partition coefficient (Wildman–Crippen LogP) is 6.06. The number of nitrogens with zero attached hydrogens (tertiary/aromatic N) is 2. The van der Waals surface area contributed by atoms with E-state index in [1.807, 2.05) is 89.2 Å². The lowest BCUT2D eigenvalue weighted by Gasteiger charge is -2.34. The molecule has 0 radical (unpaired) electrons. The van der Waals surface area contributed by atoms with Gasteiger partial charge in [0.2, 0.25) is 21.8 Å². The molecular weight excluding hydrogens is 570 g/mol. The van der Waals surface area contributed by atoms with E-state index in [2.05, 4.69) is 5.32 Å². The lowest BCUT2D eigenvalue weighted by molar-refractivity contribution is -0.142. The molecule has 9 heteroatoms. The quantitative estimate of drug-likeness (QED) is 0.270. The molecule has 0 aliphatic heterocycles. The number of rotatable bonds is 12. The van der Waals surface area contributed by atoms with E-state index < -0.39 is 21.6 Å². The lowest BCUT2D eigenvalue weighted by Crippen LogP contribution is -2.54. The Morgan fingerprint density at radius 2 is 1.57 bits per heavy atom. The molecule has 0 spiro atoms. The fourth-order valence-electron chi connectivity index (χ4n) is 4.72. The van der Waals surface area contributed by atoms with Crippen LogP contribution in [-0.4, -0.2) is 49.5 Å². The van der Waals surface area contributed by atoms with E-state index in [4.69, 9.17) is 11.6 Å². The molecule has 0 bridgehead atoms. The number of hydrogen-bond donors (Lipinski definition) is 1. The monoisotopic (exact) mass is 611 g/mol. The van der Waals surface area contributed by atoms with Gasteiger partial charge in [-0.1, -0.05) is 60.1 Å². The van der Waals surface area contributed by atoms with E-state index in [0.29, 0.717) is 17.1 Å². The van der Waals surface area contributed by atoms with Crippen molar-refractivity contribution in [2.45, 2.75) is 72.0 Å². The number of halogens is 1. The molecule has 226 valence electrons. The maximum atomic E-state index is 13.9. The molecule has 3 rings (SSSR count). The first-order chi connectivity index (χ1) is 19.6. The largest absolute Gasteiger partial charge is 0.350 e. The maximum absolute atomic E-state index is 13.9. The van der Waals surface area contributed by atoms with Crippen molar-refractivity contribution in [3.05, 3.63) is 100 Å². The zero-order valence-electron chi connectivity index (χ0n) is 25.4. The van der Waals surface area contributed by atoms with Gasteiger partial charge in [-0.05, 0) is 87.6 Å². The first-order valence-electron chi connectivity index (χ1n) is 14.1. The molecule has 0 saturated heterocycles. The third kappa shape index (κ3) is 9.88. The molecule has 0 aliphatic rings. The third-order valence-corrected chi connectivity index (χ3v) is 8.37. The number of benzene rings is 3. The van der Waals surface area contributed by atoms with E-state index in [-0.39, 0.29) is 37.7 Å². The molecule has 3 aromatic carbocycles. The number of amides is 2. The van der Waals surface area contributed by atoms with Crippen LogP contribution in [0.15, 0.2) is 72.8 Å². The van der Waals surface area contributed by atoms with Gasteiger partial charge in [-0.25, -0.2) is 8.42 Å². The Labute approximate surface area is 255 Å². The van der Waals surface area contributed by atoms with Crippen LogP contribution >= 0.6 is 11.6 Å². The van der Waals surface area contributed by atoms with Crippen LogP contribution in [0.3, 0.4) is 0 Å². The Morgan fingerprint density at radius 3 is 2.17 bits per heavy atom.